The molecule has 0 aliphatic carbocycles. The number of hydrogen-bond acceptors (Lipinski definition) is 3. The molecule has 6 heteroatoms. The highest BCUT2D eigenvalue weighted by atomic mass is 35.5. The van der Waals surface area contributed by atoms with Crippen LogP contribution in [0.4, 0.5) is 11.4 Å². The SMILES string of the molecule is CCc1ccc(N2C(=O)C[C@@H](Nc3cccc(Cl)c3Cl)C2=O)cc1. The van der Waals surface area contributed by atoms with Gasteiger partial charge in [0.1, 0.15) is 6.04 Å². The van der Waals surface area contributed by atoms with Crippen molar-refractivity contribution in [3.63, 3.8) is 0 Å². The molecule has 0 spiro atoms. The summed E-state index contributed by atoms with van der Waals surface area (Å²) in [7, 11) is 0. The number of hydrogen-bond donors (Lipinski definition) is 1. The number of halogens is 2. The highest BCUT2D eigenvalue weighted by molar-refractivity contribution is 6.43. The average molecular weight is 363 g/mol. The van der Waals surface area contributed by atoms with Crippen LogP contribution in [0.25, 0.3) is 0 Å². The van der Waals surface area contributed by atoms with Crippen molar-refractivity contribution >= 4 is 46.4 Å². The summed E-state index contributed by atoms with van der Waals surface area (Å²) in [5, 5.41) is 3.76. The highest BCUT2D eigenvalue weighted by Crippen LogP contribution is 2.32. The summed E-state index contributed by atoms with van der Waals surface area (Å²) in [4.78, 5) is 26.2. The van der Waals surface area contributed by atoms with Crippen molar-refractivity contribution in [2.24, 2.45) is 0 Å². The van der Waals surface area contributed by atoms with E-state index >= 15 is 0 Å². The summed E-state index contributed by atoms with van der Waals surface area (Å²) in [6, 6.07) is 11.9. The smallest absolute Gasteiger partial charge is 0.256 e. The van der Waals surface area contributed by atoms with E-state index in [9.17, 15) is 9.59 Å². The van der Waals surface area contributed by atoms with E-state index < -0.39 is 6.04 Å². The van der Waals surface area contributed by atoms with Gasteiger partial charge in [-0.3, -0.25) is 9.59 Å². The van der Waals surface area contributed by atoms with Gasteiger partial charge in [-0.15, -0.1) is 0 Å². The average Bonchev–Trinajstić information content (AvgIpc) is 2.86. The minimum Gasteiger partial charge on any atom is -0.372 e. The van der Waals surface area contributed by atoms with Gasteiger partial charge in [-0.1, -0.05) is 48.3 Å². The summed E-state index contributed by atoms with van der Waals surface area (Å²) in [5.74, 6) is -0.528. The summed E-state index contributed by atoms with van der Waals surface area (Å²) in [5.41, 5.74) is 2.28. The largest absolute Gasteiger partial charge is 0.372 e. The van der Waals surface area contributed by atoms with E-state index in [1.807, 2.05) is 12.1 Å². The molecule has 1 atom stereocenters. The molecule has 1 aliphatic heterocycles. The zero-order valence-electron chi connectivity index (χ0n) is 13.1. The zero-order valence-corrected chi connectivity index (χ0v) is 14.6. The Morgan fingerprint density at radius 3 is 2.50 bits per heavy atom. The van der Waals surface area contributed by atoms with E-state index in [1.165, 1.54) is 4.90 Å². The fourth-order valence-electron chi connectivity index (χ4n) is 2.70. The zero-order chi connectivity index (χ0) is 17.3. The minimum atomic E-state index is -0.653. The molecular weight excluding hydrogens is 347 g/mol. The van der Waals surface area contributed by atoms with Gasteiger partial charge in [-0.25, -0.2) is 4.90 Å². The standard InChI is InChI=1S/C18H16Cl2N2O2/c1-2-11-6-8-12(9-7-11)22-16(23)10-15(18(22)24)21-14-5-3-4-13(19)17(14)20/h3-9,15,21H,2,10H2,1H3/t15-/m1/s1. The molecule has 3 rings (SSSR count). The first kappa shape index (κ1) is 16.8. The van der Waals surface area contributed by atoms with Gasteiger partial charge in [0.25, 0.3) is 5.91 Å². The number of amides is 2. The van der Waals surface area contributed by atoms with Crippen molar-refractivity contribution in [3.8, 4) is 0 Å². The molecule has 0 saturated carbocycles. The molecule has 1 fully saturated rings. The Bertz CT molecular complexity index is 790. The number of rotatable bonds is 4. The molecule has 24 heavy (non-hydrogen) atoms. The van der Waals surface area contributed by atoms with E-state index in [0.29, 0.717) is 21.4 Å². The van der Waals surface area contributed by atoms with Gasteiger partial charge in [0.2, 0.25) is 5.91 Å². The van der Waals surface area contributed by atoms with Crippen LogP contribution in [0.2, 0.25) is 10.0 Å². The van der Waals surface area contributed by atoms with Crippen LogP contribution in [0.15, 0.2) is 42.5 Å². The van der Waals surface area contributed by atoms with E-state index in [0.717, 1.165) is 12.0 Å². The van der Waals surface area contributed by atoms with E-state index in [2.05, 4.69) is 12.2 Å². The van der Waals surface area contributed by atoms with Crippen LogP contribution in [0.5, 0.6) is 0 Å². The fraction of sp³-hybridized carbons (Fsp3) is 0.222. The number of carbonyl (C=O) groups excluding carboxylic acids is 2. The maximum absolute atomic E-state index is 12.6. The van der Waals surface area contributed by atoms with Crippen LogP contribution in [0, 0.1) is 0 Å². The van der Waals surface area contributed by atoms with Crippen LogP contribution in [-0.2, 0) is 16.0 Å². The number of nitrogens with one attached hydrogen (secondary N) is 1. The Morgan fingerprint density at radius 2 is 1.83 bits per heavy atom. The normalized spacial score (nSPS) is 17.5. The first-order chi connectivity index (χ1) is 11.5. The summed E-state index contributed by atoms with van der Waals surface area (Å²) >= 11 is 12.1. The van der Waals surface area contributed by atoms with Crippen LogP contribution < -0.4 is 10.2 Å². The third kappa shape index (κ3) is 3.12. The van der Waals surface area contributed by atoms with Crippen LogP contribution in [-0.4, -0.2) is 17.9 Å². The lowest BCUT2D eigenvalue weighted by Crippen LogP contribution is -2.34. The molecule has 0 bridgehead atoms. The quantitative estimate of drug-likeness (QED) is 0.824. The Hall–Kier alpha value is -2.04. The van der Waals surface area contributed by atoms with Crippen molar-refractivity contribution in [1.29, 1.82) is 0 Å². The van der Waals surface area contributed by atoms with E-state index in [-0.39, 0.29) is 18.2 Å². The van der Waals surface area contributed by atoms with Crippen molar-refractivity contribution in [1.82, 2.24) is 0 Å². The number of carbonyl (C=O) groups is 2. The lowest BCUT2D eigenvalue weighted by Gasteiger charge is -2.17. The summed E-state index contributed by atoms with van der Waals surface area (Å²) < 4.78 is 0. The number of nitrogens with zero attached hydrogens (tertiary/aromatic N) is 1. The maximum atomic E-state index is 12.6. The third-order valence-corrected chi connectivity index (χ3v) is 4.85. The third-order valence-electron chi connectivity index (χ3n) is 4.03. The molecule has 0 unspecified atom stereocenters. The molecule has 1 N–H and O–H groups in total. The van der Waals surface area contributed by atoms with Crippen molar-refractivity contribution in [3.05, 3.63) is 58.1 Å². The monoisotopic (exact) mass is 362 g/mol. The Labute approximate surface area is 150 Å². The lowest BCUT2D eigenvalue weighted by atomic mass is 10.1. The topological polar surface area (TPSA) is 49.4 Å². The van der Waals surface area contributed by atoms with Crippen molar-refractivity contribution in [2.45, 2.75) is 25.8 Å². The fourth-order valence-corrected chi connectivity index (χ4v) is 3.05. The molecule has 2 aromatic carbocycles. The van der Waals surface area contributed by atoms with Crippen LogP contribution in [0.3, 0.4) is 0 Å². The second-order valence-electron chi connectivity index (χ2n) is 5.59. The number of anilines is 2. The molecule has 124 valence electrons. The molecule has 1 heterocycles. The Kier molecular flexibility index (Phi) is 4.78. The Morgan fingerprint density at radius 1 is 1.12 bits per heavy atom. The van der Waals surface area contributed by atoms with Crippen LogP contribution in [0.1, 0.15) is 18.9 Å². The maximum Gasteiger partial charge on any atom is 0.256 e. The summed E-state index contributed by atoms with van der Waals surface area (Å²) in [6.07, 6.45) is 0.983. The minimum absolute atomic E-state index is 0.0806. The predicted molar refractivity (Wildman–Crippen MR) is 96.8 cm³/mol. The molecule has 0 aromatic heterocycles. The van der Waals surface area contributed by atoms with E-state index in [1.54, 1.807) is 30.3 Å². The molecule has 4 nitrogen and oxygen atoms in total. The van der Waals surface area contributed by atoms with Crippen molar-refractivity contribution in [2.75, 3.05) is 10.2 Å². The van der Waals surface area contributed by atoms with Gasteiger partial charge >= 0.3 is 0 Å². The van der Waals surface area contributed by atoms with Gasteiger partial charge in [-0.05, 0) is 36.2 Å². The molecule has 0 radical (unpaired) electrons. The van der Waals surface area contributed by atoms with Gasteiger partial charge in [0.15, 0.2) is 0 Å². The molecule has 2 amide bonds. The molecule has 1 saturated heterocycles. The summed E-state index contributed by atoms with van der Waals surface area (Å²) in [6.45, 7) is 2.05. The molecular formula is C18H16Cl2N2O2. The van der Waals surface area contributed by atoms with Crippen molar-refractivity contribution < 1.29 is 9.59 Å². The number of aryl methyl sites for hydroxylation is 1. The first-order valence-corrected chi connectivity index (χ1v) is 8.43. The number of benzene rings is 2. The highest BCUT2D eigenvalue weighted by Gasteiger charge is 2.39. The number of imide groups is 1. The molecule has 2 aromatic rings. The Balaban J connectivity index is 1.82. The second-order valence-corrected chi connectivity index (χ2v) is 6.37. The van der Waals surface area contributed by atoms with Crippen LogP contribution >= 0.6 is 23.2 Å². The lowest BCUT2D eigenvalue weighted by molar-refractivity contribution is -0.121. The van der Waals surface area contributed by atoms with Gasteiger partial charge in [0, 0.05) is 0 Å². The predicted octanol–water partition coefficient (Wildman–Crippen LogP) is 4.30. The second kappa shape index (κ2) is 6.83. The van der Waals surface area contributed by atoms with Gasteiger partial charge < -0.3 is 5.32 Å². The van der Waals surface area contributed by atoms with E-state index in [4.69, 9.17) is 23.2 Å². The first-order valence-electron chi connectivity index (χ1n) is 7.67. The van der Waals surface area contributed by atoms with Gasteiger partial charge in [-0.2, -0.15) is 0 Å². The van der Waals surface area contributed by atoms with Gasteiger partial charge in [0.05, 0.1) is 27.8 Å². The molecule has 1 aliphatic rings.